The molecule has 0 N–H and O–H groups in total. The number of hydrogen-bond acceptors (Lipinski definition) is 2. The van der Waals surface area contributed by atoms with Gasteiger partial charge in [-0.2, -0.15) is 0 Å². The normalized spacial score (nSPS) is 10.6. The Morgan fingerprint density at radius 1 is 0.857 bits per heavy atom. The highest BCUT2D eigenvalue weighted by Crippen LogP contribution is 2.24. The van der Waals surface area contributed by atoms with Crippen LogP contribution in [0.1, 0.15) is 10.4 Å². The van der Waals surface area contributed by atoms with Gasteiger partial charge in [-0.3, -0.25) is 0 Å². The third-order valence-electron chi connectivity index (χ3n) is 3.08. The first-order valence-corrected chi connectivity index (χ1v) is 7.05. The van der Waals surface area contributed by atoms with Gasteiger partial charge in [-0.25, -0.2) is 4.79 Å². The van der Waals surface area contributed by atoms with Crippen LogP contribution in [-0.4, -0.2) is 5.97 Å². The van der Waals surface area contributed by atoms with Crippen molar-refractivity contribution in [2.45, 2.75) is 0 Å². The van der Waals surface area contributed by atoms with Crippen molar-refractivity contribution in [2.75, 3.05) is 0 Å². The lowest BCUT2D eigenvalue weighted by molar-refractivity contribution is 0.0735. The number of carbonyl (C=O) groups is 1. The highest BCUT2D eigenvalue weighted by molar-refractivity contribution is 6.36. The summed E-state index contributed by atoms with van der Waals surface area (Å²) in [5.41, 5.74) is 0.286. The second-order valence-electron chi connectivity index (χ2n) is 4.52. The van der Waals surface area contributed by atoms with Crippen LogP contribution in [0.15, 0.2) is 60.7 Å². The van der Waals surface area contributed by atoms with Gasteiger partial charge in [0.15, 0.2) is 0 Å². The number of hydrogen-bond donors (Lipinski definition) is 0. The summed E-state index contributed by atoms with van der Waals surface area (Å²) in [6.45, 7) is 0. The van der Waals surface area contributed by atoms with Crippen molar-refractivity contribution in [1.29, 1.82) is 0 Å². The summed E-state index contributed by atoms with van der Waals surface area (Å²) in [5.74, 6) is -0.0309. The van der Waals surface area contributed by atoms with E-state index in [-0.39, 0.29) is 10.6 Å². The van der Waals surface area contributed by atoms with Crippen LogP contribution in [0.25, 0.3) is 10.8 Å². The zero-order valence-electron chi connectivity index (χ0n) is 10.8. The van der Waals surface area contributed by atoms with E-state index in [9.17, 15) is 4.79 Å². The number of carbonyl (C=O) groups excluding carboxylic acids is 1. The van der Waals surface area contributed by atoms with Gasteiger partial charge in [0.05, 0.1) is 10.6 Å². The summed E-state index contributed by atoms with van der Waals surface area (Å²) >= 11 is 11.8. The molecule has 0 fully saturated rings. The fraction of sp³-hybridized carbons (Fsp3) is 0. The number of rotatable bonds is 2. The Labute approximate surface area is 131 Å². The van der Waals surface area contributed by atoms with Crippen LogP contribution in [-0.2, 0) is 0 Å². The molecule has 0 atom stereocenters. The smallest absolute Gasteiger partial charge is 0.345 e. The molecule has 3 aromatic rings. The van der Waals surface area contributed by atoms with Crippen molar-refractivity contribution < 1.29 is 9.53 Å². The minimum absolute atomic E-state index is 0.272. The van der Waals surface area contributed by atoms with Crippen molar-refractivity contribution in [1.82, 2.24) is 0 Å². The van der Waals surface area contributed by atoms with Gasteiger partial charge in [-0.1, -0.05) is 53.5 Å². The number of esters is 1. The molecule has 0 unspecified atom stereocenters. The fourth-order valence-corrected chi connectivity index (χ4v) is 2.53. The quantitative estimate of drug-likeness (QED) is 0.469. The van der Waals surface area contributed by atoms with Gasteiger partial charge in [0, 0.05) is 5.02 Å². The van der Waals surface area contributed by atoms with Gasteiger partial charge in [0.25, 0.3) is 0 Å². The van der Waals surface area contributed by atoms with E-state index in [1.54, 1.807) is 18.2 Å². The van der Waals surface area contributed by atoms with E-state index in [2.05, 4.69) is 0 Å². The van der Waals surface area contributed by atoms with Crippen molar-refractivity contribution in [3.05, 3.63) is 76.3 Å². The van der Waals surface area contributed by atoms with Crippen LogP contribution < -0.4 is 4.74 Å². The summed E-state index contributed by atoms with van der Waals surface area (Å²) in [6, 6.07) is 18.0. The number of benzene rings is 3. The third kappa shape index (κ3) is 3.02. The average molecular weight is 317 g/mol. The molecule has 0 bridgehead atoms. The van der Waals surface area contributed by atoms with Gasteiger partial charge < -0.3 is 4.74 Å². The van der Waals surface area contributed by atoms with Crippen LogP contribution in [0, 0.1) is 0 Å². The molecule has 0 radical (unpaired) electrons. The highest BCUT2D eigenvalue weighted by Gasteiger charge is 2.13. The second-order valence-corrected chi connectivity index (χ2v) is 5.37. The first-order chi connectivity index (χ1) is 10.1. The van der Waals surface area contributed by atoms with Gasteiger partial charge in [0.1, 0.15) is 5.75 Å². The number of ether oxygens (including phenoxy) is 1. The van der Waals surface area contributed by atoms with Crippen LogP contribution in [0.4, 0.5) is 0 Å². The van der Waals surface area contributed by atoms with Gasteiger partial charge in [-0.05, 0) is 41.1 Å². The molecule has 0 aromatic heterocycles. The summed E-state index contributed by atoms with van der Waals surface area (Å²) in [7, 11) is 0. The van der Waals surface area contributed by atoms with Crippen molar-refractivity contribution in [2.24, 2.45) is 0 Å². The molecule has 0 aliphatic rings. The second kappa shape index (κ2) is 5.76. The van der Waals surface area contributed by atoms with E-state index < -0.39 is 5.97 Å². The van der Waals surface area contributed by atoms with Crippen LogP contribution >= 0.6 is 23.2 Å². The minimum Gasteiger partial charge on any atom is -0.423 e. The standard InChI is InChI=1S/C17H10Cl2O2/c18-13-6-8-15(16(19)10-13)17(20)21-14-7-5-11-3-1-2-4-12(11)9-14/h1-10H. The molecule has 0 spiro atoms. The Bertz CT molecular complexity index is 828. The molecule has 0 aliphatic carbocycles. The van der Waals surface area contributed by atoms with Gasteiger partial charge >= 0.3 is 5.97 Å². The van der Waals surface area contributed by atoms with E-state index in [0.717, 1.165) is 10.8 Å². The van der Waals surface area contributed by atoms with Crippen LogP contribution in [0.3, 0.4) is 0 Å². The maximum absolute atomic E-state index is 12.1. The monoisotopic (exact) mass is 316 g/mol. The SMILES string of the molecule is O=C(Oc1ccc2ccccc2c1)c1ccc(Cl)cc1Cl. The molecule has 3 aromatic carbocycles. The van der Waals surface area contributed by atoms with Crippen LogP contribution in [0.5, 0.6) is 5.75 Å². The molecule has 0 saturated carbocycles. The largest absolute Gasteiger partial charge is 0.423 e. The molecule has 2 nitrogen and oxygen atoms in total. The van der Waals surface area contributed by atoms with Crippen molar-refractivity contribution in [3.8, 4) is 5.75 Å². The average Bonchev–Trinajstić information content (AvgIpc) is 2.47. The molecule has 0 heterocycles. The molecule has 0 aliphatic heterocycles. The topological polar surface area (TPSA) is 26.3 Å². The van der Waals surface area contributed by atoms with Gasteiger partial charge in [-0.15, -0.1) is 0 Å². The first-order valence-electron chi connectivity index (χ1n) is 6.29. The molecule has 21 heavy (non-hydrogen) atoms. The molecule has 3 rings (SSSR count). The third-order valence-corrected chi connectivity index (χ3v) is 3.63. The fourth-order valence-electron chi connectivity index (χ4n) is 2.05. The van der Waals surface area contributed by atoms with E-state index in [1.165, 1.54) is 6.07 Å². The summed E-state index contributed by atoms with van der Waals surface area (Å²) in [4.78, 5) is 12.1. The summed E-state index contributed by atoms with van der Waals surface area (Å²) < 4.78 is 5.36. The zero-order valence-corrected chi connectivity index (χ0v) is 12.4. The molecular formula is C17H10Cl2O2. The molecule has 0 saturated heterocycles. The van der Waals surface area contributed by atoms with Crippen molar-refractivity contribution in [3.63, 3.8) is 0 Å². The zero-order chi connectivity index (χ0) is 14.8. The van der Waals surface area contributed by atoms with Crippen molar-refractivity contribution >= 4 is 39.9 Å². The molecule has 4 heteroatoms. The highest BCUT2D eigenvalue weighted by atomic mass is 35.5. The molecule has 104 valence electrons. The Balaban J connectivity index is 1.89. The number of halogens is 2. The lowest BCUT2D eigenvalue weighted by Gasteiger charge is -2.07. The minimum atomic E-state index is -0.507. The Morgan fingerprint density at radius 3 is 2.38 bits per heavy atom. The number of fused-ring (bicyclic) bond motifs is 1. The molecule has 0 amide bonds. The summed E-state index contributed by atoms with van der Waals surface area (Å²) in [5, 5.41) is 2.84. The lowest BCUT2D eigenvalue weighted by atomic mass is 10.1. The summed E-state index contributed by atoms with van der Waals surface area (Å²) in [6.07, 6.45) is 0. The lowest BCUT2D eigenvalue weighted by Crippen LogP contribution is -2.09. The first kappa shape index (κ1) is 13.9. The maximum atomic E-state index is 12.1. The predicted octanol–water partition coefficient (Wildman–Crippen LogP) is 5.37. The van der Waals surface area contributed by atoms with E-state index in [0.29, 0.717) is 10.8 Å². The van der Waals surface area contributed by atoms with E-state index in [4.69, 9.17) is 27.9 Å². The Hall–Kier alpha value is -2.03. The Kier molecular flexibility index (Phi) is 3.82. The van der Waals surface area contributed by atoms with E-state index in [1.807, 2.05) is 36.4 Å². The van der Waals surface area contributed by atoms with Crippen LogP contribution in [0.2, 0.25) is 10.0 Å². The van der Waals surface area contributed by atoms with E-state index >= 15 is 0 Å². The Morgan fingerprint density at radius 2 is 1.62 bits per heavy atom. The van der Waals surface area contributed by atoms with Gasteiger partial charge in [0.2, 0.25) is 0 Å². The predicted molar refractivity (Wildman–Crippen MR) is 85.4 cm³/mol. The maximum Gasteiger partial charge on any atom is 0.345 e. The molecular weight excluding hydrogens is 307 g/mol.